The van der Waals surface area contributed by atoms with E-state index in [1.165, 1.54) is 23.1 Å². The van der Waals surface area contributed by atoms with Gasteiger partial charge in [-0.05, 0) is 48.7 Å². The first-order valence-corrected chi connectivity index (χ1v) is 10.8. The Morgan fingerprint density at radius 1 is 1.06 bits per heavy atom. The van der Waals surface area contributed by atoms with Crippen molar-refractivity contribution >= 4 is 23.6 Å². The first-order valence-electron chi connectivity index (χ1n) is 10.8. The Kier molecular flexibility index (Phi) is 6.69. The number of benzene rings is 2. The minimum Gasteiger partial charge on any atom is -0.497 e. The number of rotatable bonds is 8. The fourth-order valence-corrected chi connectivity index (χ4v) is 3.86. The monoisotopic (exact) mass is 451 g/mol. The van der Waals surface area contributed by atoms with E-state index in [1.807, 2.05) is 12.1 Å². The first kappa shape index (κ1) is 22.5. The smallest absolute Gasteiger partial charge is 0.261 e. The Balaban J connectivity index is 1.31. The largest absolute Gasteiger partial charge is 0.497 e. The van der Waals surface area contributed by atoms with Crippen LogP contribution in [0, 0.1) is 0 Å². The van der Waals surface area contributed by atoms with Crippen LogP contribution in [0.4, 0.5) is 0 Å². The fraction of sp³-hybridized carbons (Fsp3) is 0.333. The van der Waals surface area contributed by atoms with Crippen molar-refractivity contribution in [2.75, 3.05) is 26.8 Å². The molecule has 0 bridgehead atoms. The number of carbonyl (C=O) groups excluding carboxylic acids is 4. The number of fused-ring (bicyclic) bond motifs is 1. The van der Waals surface area contributed by atoms with E-state index in [0.29, 0.717) is 13.2 Å². The summed E-state index contributed by atoms with van der Waals surface area (Å²) in [6.07, 6.45) is 1.57. The zero-order valence-electron chi connectivity index (χ0n) is 18.3. The van der Waals surface area contributed by atoms with Crippen LogP contribution in [0.15, 0.2) is 42.5 Å². The van der Waals surface area contributed by atoms with Gasteiger partial charge < -0.3 is 20.1 Å². The van der Waals surface area contributed by atoms with Gasteiger partial charge in [-0.15, -0.1) is 0 Å². The fourth-order valence-electron chi connectivity index (χ4n) is 3.86. The maximum atomic E-state index is 12.7. The van der Waals surface area contributed by atoms with Crippen molar-refractivity contribution in [1.82, 2.24) is 15.5 Å². The van der Waals surface area contributed by atoms with Gasteiger partial charge in [0.15, 0.2) is 0 Å². The van der Waals surface area contributed by atoms with Gasteiger partial charge in [-0.3, -0.25) is 24.1 Å². The molecule has 0 saturated carbocycles. The zero-order chi connectivity index (χ0) is 23.4. The van der Waals surface area contributed by atoms with Crippen molar-refractivity contribution in [1.29, 1.82) is 0 Å². The molecule has 1 fully saturated rings. The lowest BCUT2D eigenvalue weighted by atomic mass is 10.1. The van der Waals surface area contributed by atoms with Crippen LogP contribution in [0.3, 0.4) is 0 Å². The topological polar surface area (TPSA) is 114 Å². The molecule has 2 aromatic rings. The van der Waals surface area contributed by atoms with Crippen LogP contribution in [-0.2, 0) is 16.1 Å². The van der Waals surface area contributed by atoms with Crippen LogP contribution in [0.25, 0.3) is 0 Å². The minimum absolute atomic E-state index is 0.147. The van der Waals surface area contributed by atoms with E-state index in [1.54, 1.807) is 19.2 Å². The predicted molar refractivity (Wildman–Crippen MR) is 118 cm³/mol. The second-order valence-electron chi connectivity index (χ2n) is 7.92. The van der Waals surface area contributed by atoms with Crippen molar-refractivity contribution in [3.05, 3.63) is 64.7 Å². The van der Waals surface area contributed by atoms with E-state index in [4.69, 9.17) is 9.47 Å². The van der Waals surface area contributed by atoms with E-state index >= 15 is 0 Å². The minimum atomic E-state index is -0.504. The van der Waals surface area contributed by atoms with Crippen molar-refractivity contribution < 1.29 is 28.7 Å². The third-order valence-electron chi connectivity index (χ3n) is 5.70. The number of nitrogens with one attached hydrogen (secondary N) is 2. The summed E-state index contributed by atoms with van der Waals surface area (Å²) >= 11 is 0. The van der Waals surface area contributed by atoms with Gasteiger partial charge in [0.1, 0.15) is 5.75 Å². The molecule has 9 heteroatoms. The average Bonchev–Trinajstić information content (AvgIpc) is 3.44. The number of hydrogen-bond donors (Lipinski definition) is 2. The van der Waals surface area contributed by atoms with E-state index in [2.05, 4.69) is 10.6 Å². The highest BCUT2D eigenvalue weighted by Gasteiger charge is 2.37. The highest BCUT2D eigenvalue weighted by Crippen LogP contribution is 2.26. The van der Waals surface area contributed by atoms with Crippen molar-refractivity contribution in [3.8, 4) is 5.75 Å². The van der Waals surface area contributed by atoms with Gasteiger partial charge in [0.05, 0.1) is 37.4 Å². The molecule has 4 amide bonds. The standard InChI is InChI=1S/C24H25N3O6/c1-32-17-7-4-15(5-8-17)12-25-21(28)13-26-22(29)16-6-9-19-20(11-16)24(31)27(23(19)30)14-18-3-2-10-33-18/h4-9,11,18H,2-3,10,12-14H2,1H3,(H,25,28)(H,26,29). The van der Waals surface area contributed by atoms with Crippen LogP contribution in [-0.4, -0.2) is 61.4 Å². The highest BCUT2D eigenvalue weighted by atomic mass is 16.5. The molecule has 1 saturated heterocycles. The van der Waals surface area contributed by atoms with Gasteiger partial charge in [-0.2, -0.15) is 0 Å². The molecule has 33 heavy (non-hydrogen) atoms. The number of methoxy groups -OCH3 is 1. The van der Waals surface area contributed by atoms with Gasteiger partial charge in [0.25, 0.3) is 17.7 Å². The molecule has 2 aliphatic rings. The van der Waals surface area contributed by atoms with Crippen LogP contribution < -0.4 is 15.4 Å². The molecule has 0 radical (unpaired) electrons. The molecule has 2 aromatic carbocycles. The SMILES string of the molecule is COc1ccc(CNC(=O)CNC(=O)c2ccc3c(c2)C(=O)N(CC2CCCO2)C3=O)cc1. The summed E-state index contributed by atoms with van der Waals surface area (Å²) in [5.74, 6) is -0.945. The number of nitrogens with zero attached hydrogens (tertiary/aromatic N) is 1. The van der Waals surface area contributed by atoms with E-state index < -0.39 is 11.8 Å². The van der Waals surface area contributed by atoms with Crippen molar-refractivity contribution in [2.45, 2.75) is 25.5 Å². The number of amides is 4. The van der Waals surface area contributed by atoms with Crippen LogP contribution in [0.1, 0.15) is 49.5 Å². The maximum absolute atomic E-state index is 12.7. The van der Waals surface area contributed by atoms with Crippen LogP contribution in [0.5, 0.6) is 5.75 Å². The molecular weight excluding hydrogens is 426 g/mol. The summed E-state index contributed by atoms with van der Waals surface area (Å²) in [5.41, 5.74) is 1.56. The Morgan fingerprint density at radius 3 is 2.52 bits per heavy atom. The lowest BCUT2D eigenvalue weighted by Gasteiger charge is -2.17. The molecule has 1 unspecified atom stereocenters. The Hall–Kier alpha value is -3.72. The van der Waals surface area contributed by atoms with E-state index in [9.17, 15) is 19.2 Å². The van der Waals surface area contributed by atoms with Gasteiger partial charge in [-0.25, -0.2) is 0 Å². The predicted octanol–water partition coefficient (Wildman–Crippen LogP) is 1.52. The van der Waals surface area contributed by atoms with Crippen LogP contribution >= 0.6 is 0 Å². The highest BCUT2D eigenvalue weighted by molar-refractivity contribution is 6.22. The average molecular weight is 451 g/mol. The summed E-state index contributed by atoms with van der Waals surface area (Å²) in [5, 5.41) is 5.27. The quantitative estimate of drug-likeness (QED) is 0.589. The van der Waals surface area contributed by atoms with E-state index in [-0.39, 0.29) is 47.7 Å². The number of hydrogen-bond acceptors (Lipinski definition) is 6. The normalized spacial score (nSPS) is 17.1. The Bertz CT molecular complexity index is 1080. The van der Waals surface area contributed by atoms with Gasteiger partial charge in [0, 0.05) is 18.7 Å². The molecule has 4 rings (SSSR count). The Labute approximate surface area is 191 Å². The first-order chi connectivity index (χ1) is 16.0. The summed E-state index contributed by atoms with van der Waals surface area (Å²) in [4.78, 5) is 51.1. The second kappa shape index (κ2) is 9.83. The van der Waals surface area contributed by atoms with Crippen LogP contribution in [0.2, 0.25) is 0 Å². The van der Waals surface area contributed by atoms with Crippen molar-refractivity contribution in [2.24, 2.45) is 0 Å². The number of ether oxygens (including phenoxy) is 2. The molecule has 9 nitrogen and oxygen atoms in total. The number of carbonyl (C=O) groups is 4. The summed E-state index contributed by atoms with van der Waals surface area (Å²) in [6.45, 7) is 0.937. The maximum Gasteiger partial charge on any atom is 0.261 e. The van der Waals surface area contributed by atoms with Gasteiger partial charge in [-0.1, -0.05) is 12.1 Å². The summed E-state index contributed by atoms with van der Waals surface area (Å²) < 4.78 is 10.6. The summed E-state index contributed by atoms with van der Waals surface area (Å²) in [6, 6.07) is 11.6. The Morgan fingerprint density at radius 2 is 1.82 bits per heavy atom. The lowest BCUT2D eigenvalue weighted by Crippen LogP contribution is -2.37. The molecular formula is C24H25N3O6. The zero-order valence-corrected chi connectivity index (χ0v) is 18.3. The lowest BCUT2D eigenvalue weighted by molar-refractivity contribution is -0.120. The molecule has 172 valence electrons. The molecule has 0 aromatic heterocycles. The number of imide groups is 1. The van der Waals surface area contributed by atoms with Gasteiger partial charge in [0.2, 0.25) is 5.91 Å². The molecule has 2 heterocycles. The van der Waals surface area contributed by atoms with E-state index in [0.717, 1.165) is 24.2 Å². The molecule has 2 N–H and O–H groups in total. The van der Waals surface area contributed by atoms with Gasteiger partial charge >= 0.3 is 0 Å². The summed E-state index contributed by atoms with van der Waals surface area (Å²) in [7, 11) is 1.58. The third kappa shape index (κ3) is 5.04. The molecule has 1 atom stereocenters. The van der Waals surface area contributed by atoms with Crippen molar-refractivity contribution in [3.63, 3.8) is 0 Å². The second-order valence-corrected chi connectivity index (χ2v) is 7.92. The molecule has 0 aliphatic carbocycles. The molecule has 2 aliphatic heterocycles. The molecule has 0 spiro atoms. The third-order valence-corrected chi connectivity index (χ3v) is 5.70.